The van der Waals surface area contributed by atoms with Gasteiger partial charge in [0, 0.05) is 18.2 Å². The molecule has 0 aromatic heterocycles. The summed E-state index contributed by atoms with van der Waals surface area (Å²) < 4.78 is 41.8. The molecule has 0 heterocycles. The number of amides is 1. The van der Waals surface area contributed by atoms with Gasteiger partial charge in [-0.05, 0) is 29.8 Å². The average Bonchev–Trinajstić information content (AvgIpc) is 2.55. The van der Waals surface area contributed by atoms with Crippen LogP contribution in [0, 0.1) is 15.9 Å². The van der Waals surface area contributed by atoms with Gasteiger partial charge in [0.25, 0.3) is 5.69 Å². The summed E-state index contributed by atoms with van der Waals surface area (Å²) in [6.07, 6.45) is 2.43. The molecule has 130 valence electrons. The van der Waals surface area contributed by atoms with Gasteiger partial charge in [0.1, 0.15) is 11.6 Å². The lowest BCUT2D eigenvalue weighted by Gasteiger charge is -2.04. The molecule has 9 heteroatoms. The molecule has 0 spiro atoms. The van der Waals surface area contributed by atoms with Crippen molar-refractivity contribution in [3.63, 3.8) is 0 Å². The summed E-state index contributed by atoms with van der Waals surface area (Å²) in [5, 5.41) is 12.8. The number of anilines is 1. The molecule has 2 aromatic carbocycles. The summed E-state index contributed by atoms with van der Waals surface area (Å²) in [5.41, 5.74) is -0.184. The van der Waals surface area contributed by atoms with Crippen molar-refractivity contribution in [1.29, 1.82) is 0 Å². The minimum atomic E-state index is -2.93. The van der Waals surface area contributed by atoms with Crippen molar-refractivity contribution in [1.82, 2.24) is 0 Å². The predicted octanol–water partition coefficient (Wildman–Crippen LogP) is 3.99. The average molecular weight is 352 g/mol. The summed E-state index contributed by atoms with van der Waals surface area (Å²) in [5.74, 6) is -1.57. The van der Waals surface area contributed by atoms with Gasteiger partial charge >= 0.3 is 6.61 Å². The molecule has 0 fully saturated rings. The highest BCUT2D eigenvalue weighted by atomic mass is 19.3. The Morgan fingerprint density at radius 1 is 1.20 bits per heavy atom. The lowest BCUT2D eigenvalue weighted by atomic mass is 10.2. The van der Waals surface area contributed by atoms with Crippen LogP contribution in [-0.4, -0.2) is 17.4 Å². The molecule has 0 aliphatic rings. The van der Waals surface area contributed by atoms with E-state index in [4.69, 9.17) is 0 Å². The number of nitrogens with zero attached hydrogens (tertiary/aromatic N) is 1. The molecule has 0 saturated heterocycles. The minimum absolute atomic E-state index is 0.0322. The number of halogens is 3. The number of carbonyl (C=O) groups is 1. The summed E-state index contributed by atoms with van der Waals surface area (Å²) in [4.78, 5) is 21.7. The first-order valence-electron chi connectivity index (χ1n) is 6.83. The number of benzene rings is 2. The lowest BCUT2D eigenvalue weighted by Crippen LogP contribution is -2.09. The molecule has 6 nitrogen and oxygen atoms in total. The zero-order valence-corrected chi connectivity index (χ0v) is 12.5. The topological polar surface area (TPSA) is 81.5 Å². The SMILES string of the molecule is O=C(/C=C/c1ccc(OC(F)F)cc1)Nc1cc([N+](=O)[O-])ccc1F. The molecule has 0 bridgehead atoms. The number of hydrogen-bond acceptors (Lipinski definition) is 4. The van der Waals surface area contributed by atoms with Gasteiger partial charge in [-0.25, -0.2) is 4.39 Å². The molecule has 0 unspecified atom stereocenters. The summed E-state index contributed by atoms with van der Waals surface area (Å²) in [6.45, 7) is -2.93. The van der Waals surface area contributed by atoms with E-state index in [0.717, 1.165) is 24.3 Å². The van der Waals surface area contributed by atoms with E-state index >= 15 is 0 Å². The zero-order chi connectivity index (χ0) is 18.4. The minimum Gasteiger partial charge on any atom is -0.435 e. The molecule has 0 saturated carbocycles. The van der Waals surface area contributed by atoms with Crippen molar-refractivity contribution in [2.45, 2.75) is 6.61 Å². The highest BCUT2D eigenvalue weighted by Gasteiger charge is 2.12. The molecule has 2 aromatic rings. The largest absolute Gasteiger partial charge is 0.435 e. The van der Waals surface area contributed by atoms with Gasteiger partial charge in [-0.2, -0.15) is 8.78 Å². The molecule has 0 aliphatic heterocycles. The van der Waals surface area contributed by atoms with Crippen molar-refractivity contribution in [3.8, 4) is 5.75 Å². The fraction of sp³-hybridized carbons (Fsp3) is 0.0625. The fourth-order valence-corrected chi connectivity index (χ4v) is 1.83. The molecule has 0 radical (unpaired) electrons. The van der Waals surface area contributed by atoms with E-state index in [2.05, 4.69) is 10.1 Å². The highest BCUT2D eigenvalue weighted by Crippen LogP contribution is 2.21. The second-order valence-electron chi connectivity index (χ2n) is 4.69. The van der Waals surface area contributed by atoms with Gasteiger partial charge in [-0.1, -0.05) is 12.1 Å². The second kappa shape index (κ2) is 7.95. The van der Waals surface area contributed by atoms with Crippen LogP contribution < -0.4 is 10.1 Å². The van der Waals surface area contributed by atoms with E-state index in [1.807, 2.05) is 0 Å². The lowest BCUT2D eigenvalue weighted by molar-refractivity contribution is -0.384. The number of alkyl halides is 2. The Balaban J connectivity index is 2.03. The van der Waals surface area contributed by atoms with Crippen LogP contribution in [0.1, 0.15) is 5.56 Å². The normalized spacial score (nSPS) is 10.9. The zero-order valence-electron chi connectivity index (χ0n) is 12.5. The van der Waals surface area contributed by atoms with Crippen molar-refractivity contribution in [2.24, 2.45) is 0 Å². The standard InChI is InChI=1S/C16H11F3N2O4/c17-13-7-4-11(21(23)24)9-14(13)20-15(22)8-3-10-1-5-12(6-2-10)25-16(18)19/h1-9,16H,(H,20,22)/b8-3+. The molecule has 0 atom stereocenters. The van der Waals surface area contributed by atoms with Crippen LogP contribution in [0.3, 0.4) is 0 Å². The Labute approximate surface area is 139 Å². The molecular formula is C16H11F3N2O4. The Bertz CT molecular complexity index is 808. The molecule has 2 rings (SSSR count). The third-order valence-corrected chi connectivity index (χ3v) is 2.95. The van der Waals surface area contributed by atoms with Gasteiger partial charge in [0.15, 0.2) is 0 Å². The van der Waals surface area contributed by atoms with Crippen LogP contribution in [0.2, 0.25) is 0 Å². The van der Waals surface area contributed by atoms with E-state index in [1.165, 1.54) is 30.3 Å². The van der Waals surface area contributed by atoms with Crippen LogP contribution in [0.5, 0.6) is 5.75 Å². The maximum atomic E-state index is 13.6. The molecule has 1 amide bonds. The van der Waals surface area contributed by atoms with E-state index in [9.17, 15) is 28.1 Å². The Hall–Kier alpha value is -3.36. The predicted molar refractivity (Wildman–Crippen MR) is 83.8 cm³/mol. The molecule has 0 aliphatic carbocycles. The van der Waals surface area contributed by atoms with E-state index in [1.54, 1.807) is 0 Å². The first kappa shape index (κ1) is 18.0. The van der Waals surface area contributed by atoms with Crippen LogP contribution in [0.25, 0.3) is 6.08 Å². The number of ether oxygens (including phenoxy) is 1. The Morgan fingerprint density at radius 2 is 1.88 bits per heavy atom. The highest BCUT2D eigenvalue weighted by molar-refractivity contribution is 6.02. The van der Waals surface area contributed by atoms with Gasteiger partial charge in [0.2, 0.25) is 5.91 Å². The molecular weight excluding hydrogens is 341 g/mol. The number of non-ortho nitro benzene ring substituents is 1. The van der Waals surface area contributed by atoms with Crippen molar-refractivity contribution in [2.75, 3.05) is 5.32 Å². The fourth-order valence-electron chi connectivity index (χ4n) is 1.83. The van der Waals surface area contributed by atoms with E-state index in [-0.39, 0.29) is 17.1 Å². The van der Waals surface area contributed by atoms with Crippen LogP contribution in [0.15, 0.2) is 48.5 Å². The quantitative estimate of drug-likeness (QED) is 0.484. The van der Waals surface area contributed by atoms with Gasteiger partial charge in [-0.3, -0.25) is 14.9 Å². The number of nitrogens with one attached hydrogen (secondary N) is 1. The first-order chi connectivity index (χ1) is 11.8. The maximum Gasteiger partial charge on any atom is 0.387 e. The second-order valence-corrected chi connectivity index (χ2v) is 4.69. The first-order valence-corrected chi connectivity index (χ1v) is 6.83. The maximum absolute atomic E-state index is 13.6. The van der Waals surface area contributed by atoms with Gasteiger partial charge < -0.3 is 10.1 Å². The van der Waals surface area contributed by atoms with Crippen LogP contribution in [-0.2, 0) is 4.79 Å². The van der Waals surface area contributed by atoms with Crippen molar-refractivity contribution >= 4 is 23.4 Å². The van der Waals surface area contributed by atoms with Crippen LogP contribution >= 0.6 is 0 Å². The van der Waals surface area contributed by atoms with E-state index in [0.29, 0.717) is 5.56 Å². The van der Waals surface area contributed by atoms with Crippen molar-refractivity contribution in [3.05, 3.63) is 70.0 Å². The third-order valence-electron chi connectivity index (χ3n) is 2.95. The Morgan fingerprint density at radius 3 is 2.48 bits per heavy atom. The smallest absolute Gasteiger partial charge is 0.387 e. The number of nitro groups is 1. The monoisotopic (exact) mass is 352 g/mol. The summed E-state index contributed by atoms with van der Waals surface area (Å²) >= 11 is 0. The number of rotatable bonds is 6. The van der Waals surface area contributed by atoms with Gasteiger partial charge in [-0.15, -0.1) is 0 Å². The third kappa shape index (κ3) is 5.34. The number of hydrogen-bond donors (Lipinski definition) is 1. The van der Waals surface area contributed by atoms with Gasteiger partial charge in [0.05, 0.1) is 10.6 Å². The molecule has 25 heavy (non-hydrogen) atoms. The number of carbonyl (C=O) groups excluding carboxylic acids is 1. The van der Waals surface area contributed by atoms with E-state index < -0.39 is 23.3 Å². The summed E-state index contributed by atoms with van der Waals surface area (Å²) in [6, 6.07) is 8.22. The van der Waals surface area contributed by atoms with Crippen molar-refractivity contribution < 1.29 is 27.6 Å². The Kier molecular flexibility index (Phi) is 5.72. The number of nitro benzene ring substituents is 1. The summed E-state index contributed by atoms with van der Waals surface area (Å²) in [7, 11) is 0. The molecule has 1 N–H and O–H groups in total. The van der Waals surface area contributed by atoms with Crippen LogP contribution in [0.4, 0.5) is 24.5 Å².